The molecule has 1 aliphatic carbocycles. The zero-order valence-corrected chi connectivity index (χ0v) is 23.8. The van der Waals surface area contributed by atoms with Crippen molar-refractivity contribution >= 4 is 0 Å². The third-order valence-corrected chi connectivity index (χ3v) is 8.51. The van der Waals surface area contributed by atoms with Crippen LogP contribution in [0.25, 0.3) is 10.4 Å². The predicted octanol–water partition coefficient (Wildman–Crippen LogP) is -6.27. The predicted molar refractivity (Wildman–Crippen MR) is 142 cm³/mol. The Hall–Kier alpha value is -1.51. The Kier molecular flexibility index (Phi) is 11.9. The minimum Gasteiger partial charge on any atom is -0.394 e. The van der Waals surface area contributed by atoms with E-state index < -0.39 is 136 Å². The number of ether oxygens (including phenoxy) is 6. The normalized spacial score (nSPS) is 50.2. The summed E-state index contributed by atoms with van der Waals surface area (Å²) in [4.78, 5) is 2.58. The second-order valence-corrected chi connectivity index (χ2v) is 11.5. The van der Waals surface area contributed by atoms with Gasteiger partial charge in [0.25, 0.3) is 5.92 Å². The van der Waals surface area contributed by atoms with Gasteiger partial charge in [-0.05, 0) is 12.0 Å². The summed E-state index contributed by atoms with van der Waals surface area (Å²) in [6, 6.07) is -5.59. The molecular weight excluding hydrogens is 618 g/mol. The Morgan fingerprint density at radius 2 is 1.38 bits per heavy atom. The molecule has 3 saturated heterocycles. The summed E-state index contributed by atoms with van der Waals surface area (Å²) in [5.74, 6) is -3.88. The van der Waals surface area contributed by atoms with Crippen LogP contribution in [-0.2, 0) is 28.4 Å². The van der Waals surface area contributed by atoms with E-state index in [0.717, 1.165) is 0 Å². The van der Waals surface area contributed by atoms with Crippen LogP contribution < -0.4 is 28.7 Å². The molecule has 45 heavy (non-hydrogen) atoms. The topological polar surface area (TPSA) is 356 Å². The number of azide groups is 1. The first kappa shape index (κ1) is 36.3. The van der Waals surface area contributed by atoms with Crippen LogP contribution >= 0.6 is 0 Å². The van der Waals surface area contributed by atoms with E-state index in [2.05, 4.69) is 10.0 Å². The van der Waals surface area contributed by atoms with Gasteiger partial charge in [-0.2, -0.15) is 0 Å². The van der Waals surface area contributed by atoms with Gasteiger partial charge in [0.05, 0.1) is 31.4 Å². The summed E-state index contributed by atoms with van der Waals surface area (Å²) < 4.78 is 63.4. The Balaban J connectivity index is 1.51. The molecule has 0 bridgehead atoms. The maximum absolute atomic E-state index is 14.7. The average molecular weight is 661 g/mol. The van der Waals surface area contributed by atoms with Gasteiger partial charge in [-0.3, -0.25) is 0 Å². The lowest BCUT2D eigenvalue weighted by Gasteiger charge is -2.48. The van der Waals surface area contributed by atoms with E-state index in [0.29, 0.717) is 0 Å². The molecule has 18 atom stereocenters. The molecule has 4 rings (SSSR count). The molecule has 0 aromatic rings. The van der Waals surface area contributed by atoms with Crippen molar-refractivity contribution in [3.05, 3.63) is 10.4 Å². The average Bonchev–Trinajstić information content (AvgIpc) is 3.30. The second kappa shape index (κ2) is 14.7. The van der Waals surface area contributed by atoms with E-state index in [1.165, 1.54) is 0 Å². The Bertz CT molecular complexity index is 1040. The minimum absolute atomic E-state index is 0.0613. The van der Waals surface area contributed by atoms with E-state index in [1.807, 2.05) is 0 Å². The highest BCUT2D eigenvalue weighted by Gasteiger charge is 2.59. The highest BCUT2D eigenvalue weighted by molar-refractivity contribution is 5.03. The van der Waals surface area contributed by atoms with Gasteiger partial charge in [-0.15, -0.1) is 0 Å². The highest BCUT2D eigenvalue weighted by atomic mass is 19.3. The molecule has 16 N–H and O–H groups in total. The van der Waals surface area contributed by atoms with Crippen molar-refractivity contribution < 1.29 is 67.8 Å². The van der Waals surface area contributed by atoms with Gasteiger partial charge in [0.2, 0.25) is 0 Å². The molecule has 260 valence electrons. The first-order valence-electron chi connectivity index (χ1n) is 14.2. The fraction of sp³-hybridized carbons (Fsp3) is 1.00. The van der Waals surface area contributed by atoms with E-state index in [1.54, 1.807) is 0 Å². The van der Waals surface area contributed by atoms with Crippen molar-refractivity contribution in [1.82, 2.24) is 0 Å². The van der Waals surface area contributed by atoms with Gasteiger partial charge in [-0.1, -0.05) is 5.11 Å². The van der Waals surface area contributed by atoms with Gasteiger partial charge in [0.15, 0.2) is 18.9 Å². The van der Waals surface area contributed by atoms with Crippen LogP contribution in [0.5, 0.6) is 0 Å². The fourth-order valence-corrected chi connectivity index (χ4v) is 5.80. The summed E-state index contributed by atoms with van der Waals surface area (Å²) >= 11 is 0. The summed E-state index contributed by atoms with van der Waals surface area (Å²) in [5, 5.41) is 65.9. The molecule has 0 unspecified atom stereocenters. The van der Waals surface area contributed by atoms with Crippen LogP contribution in [-0.4, -0.2) is 166 Å². The van der Waals surface area contributed by atoms with Crippen molar-refractivity contribution in [3.63, 3.8) is 0 Å². The third-order valence-electron chi connectivity index (χ3n) is 8.51. The summed E-state index contributed by atoms with van der Waals surface area (Å²) in [7, 11) is 0. The first-order chi connectivity index (χ1) is 21.2. The largest absolute Gasteiger partial charge is 0.394 e. The van der Waals surface area contributed by atoms with Crippen LogP contribution in [0.3, 0.4) is 0 Å². The summed E-state index contributed by atoms with van der Waals surface area (Å²) in [6.07, 6.45) is -22.4. The molecule has 0 radical (unpaired) electrons. The number of hydrogen-bond acceptors (Lipinski definition) is 18. The SMILES string of the molecule is [N-]=[N+]=NC[C@@H]1O[C@H](O[C@H]2[C@@H](O)[C@H](O[C@@H]3[C@@H](O)[C@H](N)C[C@H](N)[C@H]3O[C@H]3O[C@H](CN)[C@@H](O)C(F)(F)[C@H]3N)O[C@@H]2CO)[C@H](N)[C@@H](O)[C@@H]1O. The van der Waals surface area contributed by atoms with E-state index in [4.69, 9.17) is 62.6 Å². The van der Waals surface area contributed by atoms with Crippen LogP contribution in [0.1, 0.15) is 6.42 Å². The molecular formula is C23H42F2N8O12. The molecule has 0 amide bonds. The number of halogens is 2. The lowest BCUT2D eigenvalue weighted by atomic mass is 9.84. The van der Waals surface area contributed by atoms with E-state index in [-0.39, 0.29) is 6.42 Å². The second-order valence-electron chi connectivity index (χ2n) is 11.5. The molecule has 0 aromatic heterocycles. The molecule has 4 fully saturated rings. The van der Waals surface area contributed by atoms with Crippen molar-refractivity contribution in [2.45, 2.75) is 123 Å². The standard InChI is InChI=1S/C23H42F2N8O12/c24-23(25)18(30)22(40-7(2-26)19(23)39)43-15-6(28)1-5(27)11(35)17(15)45-21-14(38)16(9(4-34)42-21)44-20-10(29)13(37)12(36)8(41-20)3-32-33-31/h5-22,34-39H,1-4,26-30H2/t5-,6+,7-,8+,9-,10-,11+,12-,13-,14-,15-,16-,17-,18+,19-,20-,21+,22-/m1/s1. The quantitative estimate of drug-likeness (QED) is 0.0589. The van der Waals surface area contributed by atoms with Gasteiger partial charge in [-0.25, -0.2) is 8.78 Å². The maximum atomic E-state index is 14.7. The Labute approximate surface area is 254 Å². The van der Waals surface area contributed by atoms with Gasteiger partial charge in [0.1, 0.15) is 61.0 Å². The molecule has 20 nitrogen and oxygen atoms in total. The Morgan fingerprint density at radius 3 is 2.00 bits per heavy atom. The van der Waals surface area contributed by atoms with Crippen molar-refractivity contribution in [2.24, 2.45) is 33.8 Å². The third kappa shape index (κ3) is 7.18. The molecule has 3 heterocycles. The lowest BCUT2D eigenvalue weighted by Crippen LogP contribution is -2.70. The van der Waals surface area contributed by atoms with Crippen LogP contribution in [0.4, 0.5) is 8.78 Å². The number of hydrogen-bond donors (Lipinski definition) is 11. The minimum atomic E-state index is -3.88. The van der Waals surface area contributed by atoms with Gasteiger partial charge < -0.3 is 87.7 Å². The van der Waals surface area contributed by atoms with Crippen molar-refractivity contribution in [3.8, 4) is 0 Å². The van der Waals surface area contributed by atoms with Crippen LogP contribution in [0.15, 0.2) is 5.11 Å². The number of nitrogens with zero attached hydrogens (tertiary/aromatic N) is 3. The highest BCUT2D eigenvalue weighted by Crippen LogP contribution is 2.37. The monoisotopic (exact) mass is 660 g/mol. The first-order valence-corrected chi connectivity index (χ1v) is 14.2. The maximum Gasteiger partial charge on any atom is 0.295 e. The zero-order valence-electron chi connectivity index (χ0n) is 23.8. The lowest BCUT2D eigenvalue weighted by molar-refractivity contribution is -0.331. The smallest absolute Gasteiger partial charge is 0.295 e. The number of nitrogens with two attached hydrogens (primary N) is 5. The molecule has 0 spiro atoms. The zero-order chi connectivity index (χ0) is 33.4. The number of alkyl halides is 2. The molecule has 1 saturated carbocycles. The fourth-order valence-electron chi connectivity index (χ4n) is 5.80. The molecule has 3 aliphatic heterocycles. The van der Waals surface area contributed by atoms with Crippen LogP contribution in [0.2, 0.25) is 0 Å². The number of aliphatic hydroxyl groups excluding tert-OH is 6. The van der Waals surface area contributed by atoms with Gasteiger partial charge >= 0.3 is 0 Å². The van der Waals surface area contributed by atoms with E-state index >= 15 is 0 Å². The number of aliphatic hydroxyl groups is 6. The van der Waals surface area contributed by atoms with Crippen LogP contribution in [0, 0.1) is 0 Å². The summed E-state index contributed by atoms with van der Waals surface area (Å²) in [6.45, 7) is -1.64. The molecule has 4 aliphatic rings. The van der Waals surface area contributed by atoms with Crippen molar-refractivity contribution in [2.75, 3.05) is 19.7 Å². The van der Waals surface area contributed by atoms with Crippen molar-refractivity contribution in [1.29, 1.82) is 0 Å². The number of rotatable bonds is 10. The summed E-state index contributed by atoms with van der Waals surface area (Å²) in [5.41, 5.74) is 37.9. The molecule has 0 aromatic carbocycles. The van der Waals surface area contributed by atoms with Gasteiger partial charge in [0, 0.05) is 23.5 Å². The molecule has 22 heteroatoms. The Morgan fingerprint density at radius 1 is 0.778 bits per heavy atom. The van der Waals surface area contributed by atoms with E-state index in [9.17, 15) is 39.4 Å².